The van der Waals surface area contributed by atoms with E-state index in [2.05, 4.69) is 15.6 Å². The number of fused-ring (bicyclic) bond motifs is 1. The van der Waals surface area contributed by atoms with Crippen LogP contribution in [0.3, 0.4) is 0 Å². The Bertz CT molecular complexity index is 1040. The smallest absolute Gasteiger partial charge is 0.274 e. The number of carbonyl (C=O) groups is 3. The van der Waals surface area contributed by atoms with Gasteiger partial charge in [-0.05, 0) is 36.8 Å². The van der Waals surface area contributed by atoms with Crippen LogP contribution in [0.1, 0.15) is 52.1 Å². The molecular formula is C22H24N4O4. The Labute approximate surface area is 173 Å². The number of aromatic amines is 1. The normalized spacial score (nSPS) is 11.7. The van der Waals surface area contributed by atoms with Crippen LogP contribution in [-0.2, 0) is 4.79 Å². The minimum Gasteiger partial charge on any atom is -0.361 e. The van der Waals surface area contributed by atoms with E-state index >= 15 is 0 Å². The first-order valence-corrected chi connectivity index (χ1v) is 9.74. The zero-order valence-corrected chi connectivity index (χ0v) is 16.6. The molecule has 2 aromatic carbocycles. The van der Waals surface area contributed by atoms with Gasteiger partial charge in [-0.25, -0.2) is 5.48 Å². The van der Waals surface area contributed by atoms with Crippen molar-refractivity contribution < 1.29 is 19.6 Å². The van der Waals surface area contributed by atoms with Crippen molar-refractivity contribution in [1.29, 1.82) is 0 Å². The second-order valence-electron chi connectivity index (χ2n) is 6.86. The Morgan fingerprint density at radius 1 is 1.00 bits per heavy atom. The van der Waals surface area contributed by atoms with E-state index < -0.39 is 17.9 Å². The number of amides is 3. The molecule has 3 aromatic rings. The minimum atomic E-state index is -0.883. The molecule has 3 rings (SSSR count). The topological polar surface area (TPSA) is 123 Å². The predicted octanol–water partition coefficient (Wildman–Crippen LogP) is 2.67. The van der Waals surface area contributed by atoms with Crippen LogP contribution in [0, 0.1) is 0 Å². The quantitative estimate of drug-likeness (QED) is 0.223. The number of rotatable bonds is 8. The van der Waals surface area contributed by atoms with Crippen LogP contribution in [0.25, 0.3) is 10.9 Å². The average Bonchev–Trinajstić information content (AvgIpc) is 3.20. The number of carbonyl (C=O) groups excluding carboxylic acids is 3. The van der Waals surface area contributed by atoms with Crippen LogP contribution in [0.5, 0.6) is 0 Å². The van der Waals surface area contributed by atoms with Crippen LogP contribution in [-0.4, -0.2) is 34.5 Å². The fourth-order valence-corrected chi connectivity index (χ4v) is 3.16. The Morgan fingerprint density at radius 2 is 1.67 bits per heavy atom. The largest absolute Gasteiger partial charge is 0.361 e. The third-order valence-corrected chi connectivity index (χ3v) is 4.81. The van der Waals surface area contributed by atoms with Gasteiger partial charge in [0.2, 0.25) is 5.91 Å². The summed E-state index contributed by atoms with van der Waals surface area (Å²) in [6.45, 7) is 2.56. The number of aromatic nitrogens is 1. The number of H-pyrrole nitrogens is 1. The summed E-state index contributed by atoms with van der Waals surface area (Å²) in [7, 11) is 0. The van der Waals surface area contributed by atoms with Gasteiger partial charge in [-0.1, -0.05) is 31.5 Å². The van der Waals surface area contributed by atoms with E-state index in [1.54, 1.807) is 11.7 Å². The number of nitrogens with one attached hydrogen (secondary N) is 4. The molecule has 8 heteroatoms. The van der Waals surface area contributed by atoms with Gasteiger partial charge in [0.05, 0.1) is 0 Å². The third kappa shape index (κ3) is 4.66. The van der Waals surface area contributed by atoms with E-state index in [9.17, 15) is 14.4 Å². The summed E-state index contributed by atoms with van der Waals surface area (Å²) in [5.74, 6) is -1.42. The summed E-state index contributed by atoms with van der Waals surface area (Å²) >= 11 is 0. The summed E-state index contributed by atoms with van der Waals surface area (Å²) in [6.07, 6.45) is 3.51. The first kappa shape index (κ1) is 21.1. The van der Waals surface area contributed by atoms with E-state index in [0.717, 1.165) is 23.7 Å². The van der Waals surface area contributed by atoms with Gasteiger partial charge in [0.25, 0.3) is 11.8 Å². The van der Waals surface area contributed by atoms with E-state index in [1.807, 2.05) is 31.2 Å². The molecule has 3 amide bonds. The maximum atomic E-state index is 12.9. The summed E-state index contributed by atoms with van der Waals surface area (Å²) in [5.41, 5.74) is 3.58. The number of hydrogen-bond donors (Lipinski definition) is 5. The molecule has 1 heterocycles. The highest BCUT2D eigenvalue weighted by Gasteiger charge is 2.25. The molecule has 0 radical (unpaired) electrons. The zero-order valence-electron chi connectivity index (χ0n) is 16.6. The van der Waals surface area contributed by atoms with Crippen LogP contribution in [0.4, 0.5) is 0 Å². The third-order valence-electron chi connectivity index (χ3n) is 4.81. The molecule has 0 aliphatic carbocycles. The van der Waals surface area contributed by atoms with Crippen molar-refractivity contribution in [2.75, 3.05) is 6.54 Å². The molecule has 0 spiro atoms. The van der Waals surface area contributed by atoms with Crippen LogP contribution in [0.15, 0.2) is 54.7 Å². The molecule has 1 atom stereocenters. The molecule has 156 valence electrons. The lowest BCUT2D eigenvalue weighted by Gasteiger charge is -2.18. The standard InChI is InChI=1S/C22H24N4O4/c1-2-3-12-23-22(29)19(17-13-24-18-7-5-4-6-16(17)18)25-20(27)14-8-10-15(11-9-14)21(28)26-30/h4-11,13,19,24,30H,2-3,12H2,1H3,(H,23,29)(H,25,27)(H,26,28)/t19-/m0/s1. The highest BCUT2D eigenvalue weighted by molar-refractivity contribution is 6.01. The SMILES string of the molecule is CCCCNC(=O)[C@@H](NC(=O)c1ccc(C(=O)NO)cc1)c1c[nH]c2ccccc12. The Hall–Kier alpha value is -3.65. The van der Waals surface area contributed by atoms with E-state index in [0.29, 0.717) is 12.1 Å². The van der Waals surface area contributed by atoms with Crippen molar-refractivity contribution in [3.05, 3.63) is 71.4 Å². The van der Waals surface area contributed by atoms with Crippen molar-refractivity contribution in [2.45, 2.75) is 25.8 Å². The van der Waals surface area contributed by atoms with Gasteiger partial charge in [-0.2, -0.15) is 0 Å². The fourth-order valence-electron chi connectivity index (χ4n) is 3.16. The lowest BCUT2D eigenvalue weighted by molar-refractivity contribution is -0.123. The van der Waals surface area contributed by atoms with Gasteiger partial charge in [-0.15, -0.1) is 0 Å². The molecule has 0 unspecified atom stereocenters. The van der Waals surface area contributed by atoms with E-state index in [-0.39, 0.29) is 17.0 Å². The molecule has 1 aromatic heterocycles. The molecule has 0 aliphatic rings. The maximum absolute atomic E-state index is 12.9. The van der Waals surface area contributed by atoms with E-state index in [4.69, 9.17) is 5.21 Å². The molecule has 8 nitrogen and oxygen atoms in total. The number of unbranched alkanes of at least 4 members (excludes halogenated alkanes) is 1. The van der Waals surface area contributed by atoms with Crippen molar-refractivity contribution in [3.63, 3.8) is 0 Å². The molecule has 0 saturated heterocycles. The molecule has 30 heavy (non-hydrogen) atoms. The summed E-state index contributed by atoms with van der Waals surface area (Å²) in [4.78, 5) is 40.3. The summed E-state index contributed by atoms with van der Waals surface area (Å²) < 4.78 is 0. The average molecular weight is 408 g/mol. The fraction of sp³-hybridized carbons (Fsp3) is 0.227. The predicted molar refractivity (Wildman–Crippen MR) is 112 cm³/mol. The second kappa shape index (κ2) is 9.71. The van der Waals surface area contributed by atoms with Gasteiger partial charge >= 0.3 is 0 Å². The van der Waals surface area contributed by atoms with Gasteiger partial charge in [-0.3, -0.25) is 19.6 Å². The number of para-hydroxylation sites is 1. The highest BCUT2D eigenvalue weighted by Crippen LogP contribution is 2.25. The summed E-state index contributed by atoms with van der Waals surface area (Å²) in [6, 6.07) is 12.4. The second-order valence-corrected chi connectivity index (χ2v) is 6.86. The van der Waals surface area contributed by atoms with Gasteiger partial charge in [0, 0.05) is 40.3 Å². The molecule has 0 bridgehead atoms. The monoisotopic (exact) mass is 408 g/mol. The maximum Gasteiger partial charge on any atom is 0.274 e. The summed E-state index contributed by atoms with van der Waals surface area (Å²) in [5, 5.41) is 15.2. The first-order chi connectivity index (χ1) is 14.5. The van der Waals surface area contributed by atoms with E-state index in [1.165, 1.54) is 24.3 Å². The lowest BCUT2D eigenvalue weighted by Crippen LogP contribution is -2.40. The Balaban J connectivity index is 1.85. The van der Waals surface area contributed by atoms with Gasteiger partial charge < -0.3 is 15.6 Å². The van der Waals surface area contributed by atoms with Gasteiger partial charge in [0.1, 0.15) is 6.04 Å². The molecular weight excluding hydrogens is 384 g/mol. The first-order valence-electron chi connectivity index (χ1n) is 9.74. The van der Waals surface area contributed by atoms with Crippen LogP contribution < -0.4 is 16.1 Å². The Kier molecular flexibility index (Phi) is 6.82. The molecule has 5 N–H and O–H groups in total. The van der Waals surface area contributed by atoms with Crippen molar-refractivity contribution >= 4 is 28.6 Å². The Morgan fingerprint density at radius 3 is 2.33 bits per heavy atom. The molecule has 0 saturated carbocycles. The van der Waals surface area contributed by atoms with Crippen LogP contribution in [0.2, 0.25) is 0 Å². The van der Waals surface area contributed by atoms with Gasteiger partial charge in [0.15, 0.2) is 0 Å². The van der Waals surface area contributed by atoms with Crippen molar-refractivity contribution in [1.82, 2.24) is 21.1 Å². The minimum absolute atomic E-state index is 0.208. The zero-order chi connectivity index (χ0) is 21.5. The number of hydrogen-bond acceptors (Lipinski definition) is 4. The lowest BCUT2D eigenvalue weighted by atomic mass is 10.0. The van der Waals surface area contributed by atoms with Crippen LogP contribution >= 0.6 is 0 Å². The number of benzene rings is 2. The van der Waals surface area contributed by atoms with Crippen molar-refractivity contribution in [2.24, 2.45) is 0 Å². The highest BCUT2D eigenvalue weighted by atomic mass is 16.5. The number of hydroxylamine groups is 1. The van der Waals surface area contributed by atoms with Crippen molar-refractivity contribution in [3.8, 4) is 0 Å². The molecule has 0 fully saturated rings. The molecule has 0 aliphatic heterocycles.